The maximum atomic E-state index is 10.5. The third-order valence-corrected chi connectivity index (χ3v) is 1.99. The summed E-state index contributed by atoms with van der Waals surface area (Å²) in [5, 5.41) is 8.62. The molecule has 0 radical (unpaired) electrons. The van der Waals surface area contributed by atoms with Gasteiger partial charge in [-0.15, -0.1) is 0 Å². The van der Waals surface area contributed by atoms with Crippen LogP contribution in [0.1, 0.15) is 12.5 Å². The Balaban J connectivity index is 2.88. The maximum absolute atomic E-state index is 10.5. The largest absolute Gasteiger partial charge is 0.297 e. The lowest BCUT2D eigenvalue weighted by Gasteiger charge is -1.93. The van der Waals surface area contributed by atoms with Gasteiger partial charge in [0.15, 0.2) is 6.29 Å². The number of aldehydes is 1. The van der Waals surface area contributed by atoms with Gasteiger partial charge in [-0.3, -0.25) is 4.79 Å². The zero-order chi connectivity index (χ0) is 11.1. The zero-order valence-corrected chi connectivity index (χ0v) is 8.47. The summed E-state index contributed by atoms with van der Waals surface area (Å²) >= 11 is 0. The summed E-state index contributed by atoms with van der Waals surface area (Å²) < 4.78 is 0. The third kappa shape index (κ3) is 3.24. The Hall–Kier alpha value is -2.14. The Kier molecular flexibility index (Phi) is 4.05. The van der Waals surface area contributed by atoms with E-state index in [9.17, 15) is 4.79 Å². The van der Waals surface area contributed by atoms with Crippen molar-refractivity contribution in [3.63, 3.8) is 0 Å². The van der Waals surface area contributed by atoms with Gasteiger partial charge in [0.1, 0.15) is 6.07 Å². The average molecular weight is 197 g/mol. The topological polar surface area (TPSA) is 40.9 Å². The zero-order valence-electron chi connectivity index (χ0n) is 8.47. The minimum absolute atomic E-state index is 0.169. The first kappa shape index (κ1) is 10.9. The molecule has 0 atom stereocenters. The van der Waals surface area contributed by atoms with E-state index in [1.165, 1.54) is 0 Å². The summed E-state index contributed by atoms with van der Waals surface area (Å²) in [5.74, 6) is 0. The molecule has 0 unspecified atom stereocenters. The van der Waals surface area contributed by atoms with Crippen LogP contribution in [0.4, 0.5) is 0 Å². The highest BCUT2D eigenvalue weighted by Gasteiger charge is 1.95. The van der Waals surface area contributed by atoms with Gasteiger partial charge in [0, 0.05) is 0 Å². The number of benzene rings is 1. The van der Waals surface area contributed by atoms with Gasteiger partial charge in [0.2, 0.25) is 0 Å². The number of nitrogens with zero attached hydrogens (tertiary/aromatic N) is 1. The van der Waals surface area contributed by atoms with Gasteiger partial charge >= 0.3 is 0 Å². The molecule has 0 aliphatic heterocycles. The van der Waals surface area contributed by atoms with Crippen LogP contribution in [-0.4, -0.2) is 6.29 Å². The highest BCUT2D eigenvalue weighted by Crippen LogP contribution is 2.07. The molecule has 1 aromatic rings. The van der Waals surface area contributed by atoms with E-state index in [0.29, 0.717) is 11.9 Å². The van der Waals surface area contributed by atoms with Crippen molar-refractivity contribution in [2.45, 2.75) is 6.92 Å². The summed E-state index contributed by atoms with van der Waals surface area (Å²) in [6, 6.07) is 11.6. The second-order valence-corrected chi connectivity index (χ2v) is 3.07. The first-order valence-corrected chi connectivity index (χ1v) is 4.57. The van der Waals surface area contributed by atoms with Crippen LogP contribution < -0.4 is 0 Å². The Morgan fingerprint density at radius 1 is 1.33 bits per heavy atom. The van der Waals surface area contributed by atoms with Crippen molar-refractivity contribution in [1.82, 2.24) is 0 Å². The molecule has 2 heteroatoms. The molecule has 0 spiro atoms. The van der Waals surface area contributed by atoms with Crippen LogP contribution in [0.2, 0.25) is 0 Å². The molecule has 2 nitrogen and oxygen atoms in total. The molecule has 1 rings (SSSR count). The molecule has 0 fully saturated rings. The molecule has 0 bridgehead atoms. The van der Waals surface area contributed by atoms with Crippen LogP contribution in [0.3, 0.4) is 0 Å². The number of rotatable bonds is 3. The van der Waals surface area contributed by atoms with Crippen molar-refractivity contribution < 1.29 is 4.79 Å². The molecule has 0 N–H and O–H groups in total. The summed E-state index contributed by atoms with van der Waals surface area (Å²) in [5.41, 5.74) is 1.89. The average Bonchev–Trinajstić information content (AvgIpc) is 2.29. The van der Waals surface area contributed by atoms with Gasteiger partial charge in [-0.2, -0.15) is 5.26 Å². The van der Waals surface area contributed by atoms with Crippen LogP contribution in [0.25, 0.3) is 6.08 Å². The Labute approximate surface area is 89.2 Å². The lowest BCUT2D eigenvalue weighted by molar-refractivity contribution is -0.104. The lowest BCUT2D eigenvalue weighted by Crippen LogP contribution is -1.83. The monoisotopic (exact) mass is 197 g/mol. The molecular formula is C13H11NO. The van der Waals surface area contributed by atoms with Gasteiger partial charge in [0.25, 0.3) is 0 Å². The fourth-order valence-electron chi connectivity index (χ4n) is 1.08. The van der Waals surface area contributed by atoms with E-state index >= 15 is 0 Å². The summed E-state index contributed by atoms with van der Waals surface area (Å²) in [6.07, 6.45) is 4.21. The number of hydrogen-bond donors (Lipinski definition) is 0. The minimum atomic E-state index is 0.169. The predicted octanol–water partition coefficient (Wildman–Crippen LogP) is 2.74. The first-order valence-electron chi connectivity index (χ1n) is 4.57. The Morgan fingerprint density at radius 2 is 2.00 bits per heavy atom. The minimum Gasteiger partial charge on any atom is -0.297 e. The molecule has 74 valence electrons. The molecule has 0 aromatic heterocycles. The Bertz CT molecular complexity index is 435. The molecule has 0 heterocycles. The van der Waals surface area contributed by atoms with Crippen molar-refractivity contribution in [2.24, 2.45) is 0 Å². The second-order valence-electron chi connectivity index (χ2n) is 3.07. The molecular weight excluding hydrogens is 186 g/mol. The molecule has 15 heavy (non-hydrogen) atoms. The van der Waals surface area contributed by atoms with Crippen molar-refractivity contribution >= 4 is 12.4 Å². The van der Waals surface area contributed by atoms with E-state index in [4.69, 9.17) is 5.26 Å². The van der Waals surface area contributed by atoms with E-state index in [1.54, 1.807) is 13.0 Å². The molecule has 1 aromatic carbocycles. The van der Waals surface area contributed by atoms with E-state index in [-0.39, 0.29) is 5.57 Å². The maximum Gasteiger partial charge on any atom is 0.160 e. The quantitative estimate of drug-likeness (QED) is 0.323. The third-order valence-electron chi connectivity index (χ3n) is 1.99. The van der Waals surface area contributed by atoms with E-state index < -0.39 is 0 Å². The van der Waals surface area contributed by atoms with Crippen molar-refractivity contribution in [3.8, 4) is 6.07 Å². The van der Waals surface area contributed by atoms with Crippen LogP contribution in [-0.2, 0) is 4.79 Å². The number of nitriles is 1. The van der Waals surface area contributed by atoms with Crippen LogP contribution in [0.15, 0.2) is 47.6 Å². The van der Waals surface area contributed by atoms with Gasteiger partial charge in [-0.05, 0) is 18.1 Å². The predicted molar refractivity (Wildman–Crippen MR) is 59.9 cm³/mol. The standard InChI is InChI=1S/C13H11NO/c1-11(13(9-14)10-15)7-8-12-5-3-2-4-6-12/h2-8,10H,1H3/b8-7+,13-11+. The van der Waals surface area contributed by atoms with Crippen molar-refractivity contribution in [1.29, 1.82) is 5.26 Å². The van der Waals surface area contributed by atoms with E-state index in [1.807, 2.05) is 42.5 Å². The highest BCUT2D eigenvalue weighted by molar-refractivity contribution is 5.81. The molecule has 0 saturated heterocycles. The van der Waals surface area contributed by atoms with Gasteiger partial charge in [0.05, 0.1) is 5.57 Å². The summed E-state index contributed by atoms with van der Waals surface area (Å²) in [4.78, 5) is 10.5. The summed E-state index contributed by atoms with van der Waals surface area (Å²) in [6.45, 7) is 1.74. The normalized spacial score (nSPS) is 12.0. The van der Waals surface area contributed by atoms with Crippen LogP contribution >= 0.6 is 0 Å². The number of carbonyl (C=O) groups is 1. The van der Waals surface area contributed by atoms with E-state index in [0.717, 1.165) is 5.56 Å². The summed E-state index contributed by atoms with van der Waals surface area (Å²) in [7, 11) is 0. The number of hydrogen-bond acceptors (Lipinski definition) is 2. The molecule has 0 amide bonds. The molecule has 0 saturated carbocycles. The van der Waals surface area contributed by atoms with E-state index in [2.05, 4.69) is 0 Å². The number of allylic oxidation sites excluding steroid dienone is 3. The Morgan fingerprint density at radius 3 is 2.53 bits per heavy atom. The fourth-order valence-corrected chi connectivity index (χ4v) is 1.08. The van der Waals surface area contributed by atoms with Crippen LogP contribution in [0.5, 0.6) is 0 Å². The molecule has 0 aliphatic carbocycles. The number of carbonyl (C=O) groups excluding carboxylic acids is 1. The smallest absolute Gasteiger partial charge is 0.160 e. The van der Waals surface area contributed by atoms with Gasteiger partial charge < -0.3 is 0 Å². The van der Waals surface area contributed by atoms with Crippen LogP contribution in [0, 0.1) is 11.3 Å². The van der Waals surface area contributed by atoms with Gasteiger partial charge in [-0.25, -0.2) is 0 Å². The first-order chi connectivity index (χ1) is 7.27. The van der Waals surface area contributed by atoms with Crippen molar-refractivity contribution in [3.05, 3.63) is 53.1 Å². The molecule has 0 aliphatic rings. The van der Waals surface area contributed by atoms with Crippen molar-refractivity contribution in [2.75, 3.05) is 0 Å². The lowest BCUT2D eigenvalue weighted by atomic mass is 10.1. The SMILES string of the molecule is CC(/C=C/c1ccccc1)=C(/C#N)C=O. The second kappa shape index (κ2) is 5.56. The highest BCUT2D eigenvalue weighted by atomic mass is 16.1. The fraction of sp³-hybridized carbons (Fsp3) is 0.0769. The van der Waals surface area contributed by atoms with Gasteiger partial charge in [-0.1, -0.05) is 42.5 Å².